The van der Waals surface area contributed by atoms with Gasteiger partial charge in [0.2, 0.25) is 5.91 Å². The van der Waals surface area contributed by atoms with Crippen LogP contribution >= 0.6 is 11.3 Å². The number of rotatable bonds is 9. The van der Waals surface area contributed by atoms with E-state index in [9.17, 15) is 14.4 Å². The lowest BCUT2D eigenvalue weighted by Crippen LogP contribution is -2.35. The maximum atomic E-state index is 13.0. The van der Waals surface area contributed by atoms with Crippen LogP contribution in [0, 0.1) is 5.92 Å². The molecule has 10 nitrogen and oxygen atoms in total. The van der Waals surface area contributed by atoms with Crippen molar-refractivity contribution >= 4 is 38.3 Å². The molecule has 11 heteroatoms. The average molecular weight is 543 g/mol. The Labute approximate surface area is 225 Å². The maximum absolute atomic E-state index is 13.0. The van der Waals surface area contributed by atoms with Gasteiger partial charge < -0.3 is 29.4 Å². The lowest BCUT2D eigenvalue weighted by Gasteiger charge is -2.27. The fraction of sp³-hybridized carbons (Fsp3) is 0.444. The van der Waals surface area contributed by atoms with Crippen LogP contribution in [0.15, 0.2) is 29.2 Å². The van der Waals surface area contributed by atoms with Crippen LogP contribution in [0.2, 0.25) is 0 Å². The number of ether oxygens (including phenoxy) is 2. The molecule has 1 aromatic carbocycles. The second-order valence-electron chi connectivity index (χ2n) is 9.80. The fourth-order valence-corrected chi connectivity index (χ4v) is 5.95. The highest BCUT2D eigenvalue weighted by Crippen LogP contribution is 2.41. The highest BCUT2D eigenvalue weighted by molar-refractivity contribution is 7.23. The Morgan fingerprint density at radius 2 is 1.76 bits per heavy atom. The summed E-state index contributed by atoms with van der Waals surface area (Å²) in [5.74, 6) is 0.114. The molecule has 1 saturated heterocycles. The van der Waals surface area contributed by atoms with E-state index >= 15 is 0 Å². The van der Waals surface area contributed by atoms with Crippen molar-refractivity contribution in [2.75, 3.05) is 53.3 Å². The molecule has 1 aliphatic rings. The van der Waals surface area contributed by atoms with E-state index in [4.69, 9.17) is 14.6 Å². The second-order valence-corrected chi connectivity index (χ2v) is 10.9. The summed E-state index contributed by atoms with van der Waals surface area (Å²) in [4.78, 5) is 41.0. The molecular formula is C27H34N4O6S. The van der Waals surface area contributed by atoms with E-state index in [1.807, 2.05) is 12.1 Å². The van der Waals surface area contributed by atoms with Gasteiger partial charge in [-0.2, -0.15) is 0 Å². The number of carboxylic acid groups (broad SMARTS) is 1. The monoisotopic (exact) mass is 542 g/mol. The molecule has 1 fully saturated rings. The number of nitrogens with zero attached hydrogens (tertiary/aromatic N) is 3. The molecule has 3 aromatic rings. The predicted molar refractivity (Wildman–Crippen MR) is 148 cm³/mol. The van der Waals surface area contributed by atoms with Crippen LogP contribution < -0.4 is 20.3 Å². The number of benzene rings is 1. The number of likely N-dealkylation sites (tertiary alicyclic amines) is 1. The Morgan fingerprint density at radius 3 is 2.34 bits per heavy atom. The normalized spacial score (nSPS) is 14.7. The van der Waals surface area contributed by atoms with E-state index in [2.05, 4.69) is 17.3 Å². The zero-order valence-electron chi connectivity index (χ0n) is 22.4. The lowest BCUT2D eigenvalue weighted by atomic mass is 9.96. The fourth-order valence-electron chi connectivity index (χ4n) is 4.86. The molecule has 4 rings (SSSR count). The maximum Gasteiger partial charge on any atom is 0.317 e. The average Bonchev–Trinajstić information content (AvgIpc) is 3.30. The third-order valence-corrected chi connectivity index (χ3v) is 8.02. The highest BCUT2D eigenvalue weighted by Gasteiger charge is 2.25. The van der Waals surface area contributed by atoms with Gasteiger partial charge in [0, 0.05) is 31.3 Å². The van der Waals surface area contributed by atoms with Crippen LogP contribution in [0.25, 0.3) is 21.2 Å². The first-order valence-corrected chi connectivity index (χ1v) is 13.2. The number of hydrogen-bond donors (Lipinski definition) is 2. The number of fused-ring (bicyclic) bond motifs is 1. The SMILES string of the molecule is COc1cc(-c2cn(C)c(=O)c3cc(NC(=O)C4CCN(C)CC4)sc23)cc(OC)c1CN(C)CC(=O)O. The zero-order valence-corrected chi connectivity index (χ0v) is 23.2. The van der Waals surface area contributed by atoms with Crippen LogP contribution in [-0.4, -0.2) is 79.3 Å². The quantitative estimate of drug-likeness (QED) is 0.424. The van der Waals surface area contributed by atoms with Crippen molar-refractivity contribution in [3.05, 3.63) is 40.3 Å². The van der Waals surface area contributed by atoms with Crippen molar-refractivity contribution in [1.29, 1.82) is 0 Å². The Bertz CT molecular complexity index is 1380. The van der Waals surface area contributed by atoms with Crippen molar-refractivity contribution in [2.45, 2.75) is 19.4 Å². The van der Waals surface area contributed by atoms with Gasteiger partial charge >= 0.3 is 5.97 Å². The molecule has 0 aliphatic carbocycles. The molecule has 204 valence electrons. The van der Waals surface area contributed by atoms with Crippen molar-refractivity contribution in [2.24, 2.45) is 13.0 Å². The number of amides is 1. The number of anilines is 1. The molecule has 1 aliphatic heterocycles. The minimum atomic E-state index is -0.925. The molecule has 2 N–H and O–H groups in total. The Balaban J connectivity index is 1.73. The lowest BCUT2D eigenvalue weighted by molar-refractivity contribution is -0.138. The summed E-state index contributed by atoms with van der Waals surface area (Å²) in [7, 11) is 8.57. The third-order valence-electron chi connectivity index (χ3n) is 6.94. The molecule has 0 spiro atoms. The molecule has 1 amide bonds. The van der Waals surface area contributed by atoms with E-state index in [0.717, 1.165) is 47.3 Å². The van der Waals surface area contributed by atoms with E-state index < -0.39 is 5.97 Å². The molecule has 2 aromatic heterocycles. The largest absolute Gasteiger partial charge is 0.496 e. The first-order valence-electron chi connectivity index (χ1n) is 12.4. The molecule has 0 atom stereocenters. The van der Waals surface area contributed by atoms with Gasteiger partial charge in [-0.05, 0) is 63.8 Å². The molecule has 0 saturated carbocycles. The number of carboxylic acids is 1. The molecule has 0 unspecified atom stereocenters. The van der Waals surface area contributed by atoms with E-state index in [0.29, 0.717) is 28.4 Å². The number of aromatic nitrogens is 1. The summed E-state index contributed by atoms with van der Waals surface area (Å²) in [5, 5.41) is 13.3. The number of carbonyl (C=O) groups is 2. The first kappa shape index (κ1) is 27.6. The number of nitrogens with one attached hydrogen (secondary N) is 1. The first-order chi connectivity index (χ1) is 18.1. The Hall–Kier alpha value is -3.41. The summed E-state index contributed by atoms with van der Waals surface area (Å²) >= 11 is 1.37. The van der Waals surface area contributed by atoms with Gasteiger partial charge in [-0.25, -0.2) is 0 Å². The number of aliphatic carboxylic acids is 1. The molecule has 0 bridgehead atoms. The summed E-state index contributed by atoms with van der Waals surface area (Å²) in [6, 6.07) is 5.48. The highest BCUT2D eigenvalue weighted by atomic mass is 32.1. The van der Waals surface area contributed by atoms with E-state index in [1.54, 1.807) is 45.5 Å². The van der Waals surface area contributed by atoms with Crippen molar-refractivity contribution in [3.63, 3.8) is 0 Å². The van der Waals surface area contributed by atoms with Gasteiger partial charge in [0.15, 0.2) is 0 Å². The van der Waals surface area contributed by atoms with Gasteiger partial charge in [-0.3, -0.25) is 19.3 Å². The number of hydrogen-bond acceptors (Lipinski definition) is 8. The molecule has 3 heterocycles. The summed E-state index contributed by atoms with van der Waals surface area (Å²) in [6.45, 7) is 1.96. The van der Waals surface area contributed by atoms with Gasteiger partial charge in [0.1, 0.15) is 11.5 Å². The van der Waals surface area contributed by atoms with Gasteiger partial charge in [-0.1, -0.05) is 0 Å². The predicted octanol–water partition coefficient (Wildman–Crippen LogP) is 3.08. The smallest absolute Gasteiger partial charge is 0.317 e. The van der Waals surface area contributed by atoms with Crippen molar-refractivity contribution < 1.29 is 24.2 Å². The minimum absolute atomic E-state index is 0.0128. The number of pyridine rings is 1. The molecule has 38 heavy (non-hydrogen) atoms. The second kappa shape index (κ2) is 11.5. The summed E-state index contributed by atoms with van der Waals surface area (Å²) in [6.07, 6.45) is 3.40. The Morgan fingerprint density at radius 1 is 1.13 bits per heavy atom. The molecule has 0 radical (unpaired) electrons. The van der Waals surface area contributed by atoms with E-state index in [1.165, 1.54) is 15.9 Å². The van der Waals surface area contributed by atoms with Crippen molar-refractivity contribution in [1.82, 2.24) is 14.4 Å². The number of carbonyl (C=O) groups excluding carboxylic acids is 1. The van der Waals surface area contributed by atoms with Crippen LogP contribution in [0.4, 0.5) is 5.00 Å². The minimum Gasteiger partial charge on any atom is -0.496 e. The van der Waals surface area contributed by atoms with Crippen LogP contribution in [0.1, 0.15) is 18.4 Å². The van der Waals surface area contributed by atoms with Crippen LogP contribution in [0.5, 0.6) is 11.5 Å². The van der Waals surface area contributed by atoms with Crippen LogP contribution in [-0.2, 0) is 23.2 Å². The number of aryl methyl sites for hydroxylation is 1. The van der Waals surface area contributed by atoms with Gasteiger partial charge in [-0.15, -0.1) is 11.3 Å². The molecular weight excluding hydrogens is 508 g/mol. The summed E-state index contributed by atoms with van der Waals surface area (Å²) in [5.41, 5.74) is 2.15. The van der Waals surface area contributed by atoms with Gasteiger partial charge in [0.25, 0.3) is 5.56 Å². The number of methoxy groups -OCH3 is 2. The zero-order chi connectivity index (χ0) is 27.6. The number of thiophene rings is 1. The third kappa shape index (κ3) is 5.85. The standard InChI is InChI=1S/C27H34N4O6S/c1-29-8-6-16(7-9-29)26(34)28-23-12-18-25(38-23)19(14-31(3)27(18)35)17-10-21(36-4)20(22(11-17)37-5)13-30(2)15-24(32)33/h10-12,14,16H,6-9,13,15H2,1-5H3,(H,28,34)(H,32,33). The summed E-state index contributed by atoms with van der Waals surface area (Å²) < 4.78 is 13.6. The number of piperidine rings is 1. The number of likely N-dealkylation sites (N-methyl/N-ethyl adjacent to an activating group) is 1. The Kier molecular flexibility index (Phi) is 8.39. The topological polar surface area (TPSA) is 113 Å². The van der Waals surface area contributed by atoms with Crippen molar-refractivity contribution in [3.8, 4) is 22.6 Å². The van der Waals surface area contributed by atoms with E-state index in [-0.39, 0.29) is 23.9 Å². The van der Waals surface area contributed by atoms with Crippen LogP contribution in [0.3, 0.4) is 0 Å². The van der Waals surface area contributed by atoms with Gasteiger partial charge in [0.05, 0.1) is 41.4 Å².